The van der Waals surface area contributed by atoms with E-state index in [2.05, 4.69) is 9.97 Å². The fourth-order valence-corrected chi connectivity index (χ4v) is 5.72. The number of aromatic nitrogens is 2. The summed E-state index contributed by atoms with van der Waals surface area (Å²) in [4.78, 5) is 6.89. The molecule has 0 N–H and O–H groups in total. The Balaban J connectivity index is 1.96. The molecule has 5 nitrogen and oxygen atoms in total. The number of halogens is 3. The van der Waals surface area contributed by atoms with Crippen molar-refractivity contribution in [2.24, 2.45) is 0 Å². The Kier molecular flexibility index (Phi) is 4.63. The van der Waals surface area contributed by atoms with Crippen molar-refractivity contribution < 1.29 is 21.6 Å². The van der Waals surface area contributed by atoms with Crippen LogP contribution in [0, 0.1) is 0 Å². The molecule has 2 aromatic heterocycles. The van der Waals surface area contributed by atoms with Crippen LogP contribution in [0.1, 0.15) is 35.7 Å². The highest BCUT2D eigenvalue weighted by atomic mass is 32.2. The van der Waals surface area contributed by atoms with E-state index in [1.54, 1.807) is 12.4 Å². The molecule has 0 radical (unpaired) electrons. The van der Waals surface area contributed by atoms with Crippen molar-refractivity contribution in [3.63, 3.8) is 0 Å². The van der Waals surface area contributed by atoms with Gasteiger partial charge in [0.05, 0.1) is 6.04 Å². The van der Waals surface area contributed by atoms with Gasteiger partial charge in [0.25, 0.3) is 10.0 Å². The van der Waals surface area contributed by atoms with Crippen LogP contribution < -0.4 is 0 Å². The molecule has 2 aromatic rings. The predicted octanol–water partition coefficient (Wildman–Crippen LogP) is 3.47. The van der Waals surface area contributed by atoms with E-state index < -0.39 is 27.1 Å². The Morgan fingerprint density at radius 3 is 2.50 bits per heavy atom. The van der Waals surface area contributed by atoms with Crippen molar-refractivity contribution >= 4 is 21.4 Å². The zero-order valence-corrected chi connectivity index (χ0v) is 14.0. The number of hydrogen-bond donors (Lipinski definition) is 0. The molecule has 130 valence electrons. The smallest absolute Gasteiger partial charge is 0.244 e. The SMILES string of the molecule is O=S(=O)(c1ccc(C(F)(F)F)s1)N1CCCCC1c1cncnc1. The molecule has 0 aliphatic carbocycles. The number of rotatable bonds is 3. The molecule has 1 saturated heterocycles. The Bertz CT molecular complexity index is 806. The zero-order valence-electron chi connectivity index (χ0n) is 12.4. The van der Waals surface area contributed by atoms with Crippen LogP contribution in [0.15, 0.2) is 35.1 Å². The van der Waals surface area contributed by atoms with Gasteiger partial charge in [0, 0.05) is 24.5 Å². The summed E-state index contributed by atoms with van der Waals surface area (Å²) in [6.07, 6.45) is 1.98. The van der Waals surface area contributed by atoms with Crippen LogP contribution in [-0.2, 0) is 16.2 Å². The number of nitrogens with zero attached hydrogens (tertiary/aromatic N) is 3. The summed E-state index contributed by atoms with van der Waals surface area (Å²) in [7, 11) is -4.00. The second-order valence-corrected chi connectivity index (χ2v) is 8.62. The summed E-state index contributed by atoms with van der Waals surface area (Å²) in [6.45, 7) is 0.265. The van der Waals surface area contributed by atoms with Crippen molar-refractivity contribution in [1.82, 2.24) is 14.3 Å². The summed E-state index contributed by atoms with van der Waals surface area (Å²) in [6, 6.07) is 1.37. The monoisotopic (exact) mass is 377 g/mol. The van der Waals surface area contributed by atoms with E-state index in [-0.39, 0.29) is 22.1 Å². The van der Waals surface area contributed by atoms with Gasteiger partial charge in [-0.1, -0.05) is 6.42 Å². The summed E-state index contributed by atoms with van der Waals surface area (Å²) >= 11 is 0.252. The topological polar surface area (TPSA) is 63.2 Å². The van der Waals surface area contributed by atoms with Crippen molar-refractivity contribution in [3.05, 3.63) is 41.3 Å². The standard InChI is InChI=1S/C14H14F3N3O2S2/c15-14(16,17)12-4-5-13(23-12)24(21,22)20-6-2-1-3-11(20)10-7-18-9-19-8-10/h4-5,7-9,11H,1-3,6H2. The number of thiophene rings is 1. The Morgan fingerprint density at radius 2 is 1.88 bits per heavy atom. The molecule has 0 amide bonds. The summed E-state index contributed by atoms with van der Waals surface area (Å²) in [5.74, 6) is 0. The van der Waals surface area contributed by atoms with Crippen molar-refractivity contribution in [1.29, 1.82) is 0 Å². The average molecular weight is 377 g/mol. The molecule has 1 unspecified atom stereocenters. The fourth-order valence-electron chi connectivity index (χ4n) is 2.74. The van der Waals surface area contributed by atoms with Crippen molar-refractivity contribution in [2.75, 3.05) is 6.54 Å². The van der Waals surface area contributed by atoms with Gasteiger partial charge in [-0.25, -0.2) is 18.4 Å². The first-order valence-electron chi connectivity index (χ1n) is 7.24. The third-order valence-electron chi connectivity index (χ3n) is 3.84. The second-order valence-electron chi connectivity index (χ2n) is 5.42. The van der Waals surface area contributed by atoms with Gasteiger partial charge in [0.1, 0.15) is 15.4 Å². The van der Waals surface area contributed by atoms with Gasteiger partial charge < -0.3 is 0 Å². The summed E-state index contributed by atoms with van der Waals surface area (Å²) in [5.41, 5.74) is 0.647. The van der Waals surface area contributed by atoms with E-state index in [0.29, 0.717) is 18.4 Å². The van der Waals surface area contributed by atoms with Crippen LogP contribution >= 0.6 is 11.3 Å². The third kappa shape index (κ3) is 3.31. The normalized spacial score (nSPS) is 20.2. The molecule has 1 aliphatic rings. The van der Waals surface area contributed by atoms with E-state index in [1.807, 2.05) is 0 Å². The maximum Gasteiger partial charge on any atom is 0.425 e. The van der Waals surface area contributed by atoms with Crippen LogP contribution in [0.4, 0.5) is 13.2 Å². The second kappa shape index (κ2) is 6.41. The van der Waals surface area contributed by atoms with Crippen LogP contribution in [0.25, 0.3) is 0 Å². The molecule has 0 saturated carbocycles. The van der Waals surface area contributed by atoms with Gasteiger partial charge in [0.15, 0.2) is 0 Å². The molecule has 10 heteroatoms. The van der Waals surface area contributed by atoms with E-state index in [9.17, 15) is 21.6 Å². The minimum Gasteiger partial charge on any atom is -0.244 e. The highest BCUT2D eigenvalue weighted by molar-refractivity contribution is 7.91. The highest BCUT2D eigenvalue weighted by Gasteiger charge is 2.38. The summed E-state index contributed by atoms with van der Waals surface area (Å²) < 4.78 is 64.9. The van der Waals surface area contributed by atoms with Gasteiger partial charge in [-0.05, 0) is 25.0 Å². The van der Waals surface area contributed by atoms with Gasteiger partial charge in [-0.2, -0.15) is 17.5 Å². The number of sulfonamides is 1. The number of piperidine rings is 1. The number of hydrogen-bond acceptors (Lipinski definition) is 5. The van der Waals surface area contributed by atoms with Crippen molar-refractivity contribution in [3.8, 4) is 0 Å². The van der Waals surface area contributed by atoms with Crippen LogP contribution in [0.3, 0.4) is 0 Å². The van der Waals surface area contributed by atoms with Crippen molar-refractivity contribution in [2.45, 2.75) is 35.7 Å². The van der Waals surface area contributed by atoms with E-state index in [4.69, 9.17) is 0 Å². The lowest BCUT2D eigenvalue weighted by Crippen LogP contribution is -2.38. The Morgan fingerprint density at radius 1 is 1.17 bits per heavy atom. The van der Waals surface area contributed by atoms with Crippen LogP contribution in [0.5, 0.6) is 0 Å². The highest BCUT2D eigenvalue weighted by Crippen LogP contribution is 2.40. The maximum absolute atomic E-state index is 12.8. The van der Waals surface area contributed by atoms with E-state index in [1.165, 1.54) is 10.6 Å². The molecule has 3 rings (SSSR count). The minimum atomic E-state index is -4.55. The molecule has 1 aliphatic heterocycles. The zero-order chi connectivity index (χ0) is 17.4. The Labute approximate surface area is 141 Å². The van der Waals surface area contributed by atoms with Gasteiger partial charge in [-0.15, -0.1) is 11.3 Å². The Hall–Kier alpha value is -1.52. The first-order valence-corrected chi connectivity index (χ1v) is 9.49. The maximum atomic E-state index is 12.8. The van der Waals surface area contributed by atoms with Gasteiger partial charge in [0.2, 0.25) is 0 Å². The molecule has 1 atom stereocenters. The largest absolute Gasteiger partial charge is 0.425 e. The molecular weight excluding hydrogens is 363 g/mol. The average Bonchev–Trinajstić information content (AvgIpc) is 3.07. The molecule has 3 heterocycles. The molecule has 0 spiro atoms. The lowest BCUT2D eigenvalue weighted by molar-refractivity contribution is -0.134. The molecule has 24 heavy (non-hydrogen) atoms. The first kappa shape index (κ1) is 17.3. The van der Waals surface area contributed by atoms with Crippen LogP contribution in [-0.4, -0.2) is 29.2 Å². The predicted molar refractivity (Wildman–Crippen MR) is 81.8 cm³/mol. The van der Waals surface area contributed by atoms with Crippen LogP contribution in [0.2, 0.25) is 0 Å². The third-order valence-corrected chi connectivity index (χ3v) is 7.35. The minimum absolute atomic E-state index is 0.252. The molecule has 0 aromatic carbocycles. The van der Waals surface area contributed by atoms with E-state index >= 15 is 0 Å². The quantitative estimate of drug-likeness (QED) is 0.822. The molecular formula is C14H14F3N3O2S2. The van der Waals surface area contributed by atoms with Gasteiger partial charge >= 0.3 is 6.18 Å². The first-order chi connectivity index (χ1) is 11.3. The lowest BCUT2D eigenvalue weighted by atomic mass is 10.00. The number of alkyl halides is 3. The molecule has 0 bridgehead atoms. The summed E-state index contributed by atoms with van der Waals surface area (Å²) in [5, 5.41) is 0. The van der Waals surface area contributed by atoms with Gasteiger partial charge in [-0.3, -0.25) is 0 Å². The lowest BCUT2D eigenvalue weighted by Gasteiger charge is -2.34. The van der Waals surface area contributed by atoms with E-state index in [0.717, 1.165) is 18.6 Å². The fraction of sp³-hybridized carbons (Fsp3) is 0.429. The molecule has 1 fully saturated rings.